The highest BCUT2D eigenvalue weighted by atomic mass is 32.2. The van der Waals surface area contributed by atoms with Crippen LogP contribution in [0, 0.1) is 0 Å². The second kappa shape index (κ2) is 4.84. The summed E-state index contributed by atoms with van der Waals surface area (Å²) in [6, 6.07) is 5.51. The molecule has 0 atom stereocenters. The summed E-state index contributed by atoms with van der Waals surface area (Å²) in [5.74, 6) is 6.63. The number of ether oxygens (including phenoxy) is 2. The first-order valence-corrected chi connectivity index (χ1v) is 6.80. The van der Waals surface area contributed by atoms with Gasteiger partial charge in [-0.3, -0.25) is 4.79 Å². The van der Waals surface area contributed by atoms with Crippen LogP contribution >= 0.6 is 24.0 Å². The Morgan fingerprint density at radius 2 is 2.05 bits per heavy atom. The molecule has 2 heterocycles. The standard InChI is InChI=1S/C12H10N2O3S2/c13-14-11(15)10(19-12(14)18)6-7-1-2-8-9(5-7)17-4-3-16-8/h1-2,5-6H,3-4,13H2/b10-6+. The molecule has 3 rings (SSSR count). The lowest BCUT2D eigenvalue weighted by atomic mass is 10.2. The largest absolute Gasteiger partial charge is 0.486 e. The van der Waals surface area contributed by atoms with Crippen molar-refractivity contribution in [2.45, 2.75) is 0 Å². The Bertz CT molecular complexity index is 601. The minimum absolute atomic E-state index is 0.287. The van der Waals surface area contributed by atoms with Crippen LogP contribution in [0.5, 0.6) is 11.5 Å². The molecule has 98 valence electrons. The summed E-state index contributed by atoms with van der Waals surface area (Å²) in [7, 11) is 0. The molecule has 0 unspecified atom stereocenters. The van der Waals surface area contributed by atoms with E-state index in [1.54, 1.807) is 6.08 Å². The summed E-state index contributed by atoms with van der Waals surface area (Å²) in [6.07, 6.45) is 1.74. The van der Waals surface area contributed by atoms with Crippen LogP contribution in [0.2, 0.25) is 0 Å². The van der Waals surface area contributed by atoms with Crippen molar-refractivity contribution in [2.24, 2.45) is 5.84 Å². The number of benzene rings is 1. The Labute approximate surface area is 119 Å². The number of thiocarbonyl (C=S) groups is 1. The van der Waals surface area contributed by atoms with Gasteiger partial charge in [0.1, 0.15) is 13.2 Å². The number of carbonyl (C=O) groups is 1. The number of hydrazine groups is 1. The fraction of sp³-hybridized carbons (Fsp3) is 0.167. The van der Waals surface area contributed by atoms with E-state index in [1.807, 2.05) is 18.2 Å². The molecular formula is C12H10N2O3S2. The molecule has 0 bridgehead atoms. The first-order valence-electron chi connectivity index (χ1n) is 5.57. The van der Waals surface area contributed by atoms with Crippen LogP contribution in [0.1, 0.15) is 5.56 Å². The van der Waals surface area contributed by atoms with Gasteiger partial charge >= 0.3 is 0 Å². The van der Waals surface area contributed by atoms with Crippen molar-refractivity contribution in [1.82, 2.24) is 5.01 Å². The minimum atomic E-state index is -0.287. The van der Waals surface area contributed by atoms with Crippen LogP contribution in [-0.2, 0) is 4.79 Å². The van der Waals surface area contributed by atoms with Crippen LogP contribution in [0.3, 0.4) is 0 Å². The zero-order valence-corrected chi connectivity index (χ0v) is 11.4. The number of hydrogen-bond acceptors (Lipinski definition) is 6. The topological polar surface area (TPSA) is 64.8 Å². The Balaban J connectivity index is 1.91. The van der Waals surface area contributed by atoms with Crippen LogP contribution in [-0.4, -0.2) is 28.5 Å². The Kier molecular flexibility index (Phi) is 3.17. The molecule has 1 saturated heterocycles. The summed E-state index contributed by atoms with van der Waals surface area (Å²) in [6.45, 7) is 1.08. The number of nitrogens with two attached hydrogens (primary N) is 1. The Morgan fingerprint density at radius 1 is 1.32 bits per heavy atom. The van der Waals surface area contributed by atoms with Gasteiger partial charge in [0.15, 0.2) is 15.8 Å². The molecular weight excluding hydrogens is 284 g/mol. The smallest absolute Gasteiger partial charge is 0.280 e. The van der Waals surface area contributed by atoms with Crippen LogP contribution in [0.4, 0.5) is 0 Å². The van der Waals surface area contributed by atoms with Crippen molar-refractivity contribution >= 4 is 40.3 Å². The predicted octanol–water partition coefficient (Wildman–Crippen LogP) is 1.53. The first-order chi connectivity index (χ1) is 9.15. The summed E-state index contributed by atoms with van der Waals surface area (Å²) in [4.78, 5) is 12.3. The zero-order chi connectivity index (χ0) is 13.4. The van der Waals surface area contributed by atoms with Crippen LogP contribution in [0.25, 0.3) is 6.08 Å². The van der Waals surface area contributed by atoms with Gasteiger partial charge in [-0.05, 0) is 23.8 Å². The van der Waals surface area contributed by atoms with Crippen molar-refractivity contribution in [3.8, 4) is 11.5 Å². The maximum absolute atomic E-state index is 11.8. The van der Waals surface area contributed by atoms with Gasteiger partial charge in [0, 0.05) is 0 Å². The molecule has 2 aliphatic heterocycles. The first kappa shape index (κ1) is 12.5. The number of amides is 1. The number of rotatable bonds is 1. The number of nitrogens with zero attached hydrogens (tertiary/aromatic N) is 1. The van der Waals surface area contributed by atoms with Gasteiger partial charge in [0.2, 0.25) is 0 Å². The molecule has 0 saturated carbocycles. The molecule has 1 amide bonds. The molecule has 7 heteroatoms. The van der Waals surface area contributed by atoms with E-state index in [0.29, 0.717) is 28.2 Å². The van der Waals surface area contributed by atoms with Gasteiger partial charge in [-0.25, -0.2) is 10.9 Å². The Hall–Kier alpha value is -1.57. The highest BCUT2D eigenvalue weighted by Crippen LogP contribution is 2.34. The van der Waals surface area contributed by atoms with Gasteiger partial charge in [0.25, 0.3) is 5.91 Å². The molecule has 0 spiro atoms. The van der Waals surface area contributed by atoms with E-state index in [0.717, 1.165) is 16.3 Å². The predicted molar refractivity (Wildman–Crippen MR) is 76.6 cm³/mol. The van der Waals surface area contributed by atoms with Gasteiger partial charge in [-0.2, -0.15) is 0 Å². The molecule has 0 aromatic heterocycles. The third-order valence-corrected chi connectivity index (χ3v) is 4.02. The van der Waals surface area contributed by atoms with Crippen molar-refractivity contribution < 1.29 is 14.3 Å². The van der Waals surface area contributed by atoms with Crippen LogP contribution in [0.15, 0.2) is 23.1 Å². The second-order valence-electron chi connectivity index (χ2n) is 3.95. The molecule has 1 fully saturated rings. The number of carbonyl (C=O) groups excluding carboxylic acids is 1. The summed E-state index contributed by atoms with van der Waals surface area (Å²) in [5.41, 5.74) is 0.846. The van der Waals surface area contributed by atoms with Gasteiger partial charge < -0.3 is 9.47 Å². The average molecular weight is 294 g/mol. The van der Waals surface area contributed by atoms with E-state index in [4.69, 9.17) is 27.5 Å². The molecule has 19 heavy (non-hydrogen) atoms. The second-order valence-corrected chi connectivity index (χ2v) is 5.63. The van der Waals surface area contributed by atoms with Crippen molar-refractivity contribution in [2.75, 3.05) is 13.2 Å². The van der Waals surface area contributed by atoms with Crippen molar-refractivity contribution in [1.29, 1.82) is 0 Å². The third-order valence-electron chi connectivity index (χ3n) is 2.69. The lowest BCUT2D eigenvalue weighted by Crippen LogP contribution is -2.34. The van der Waals surface area contributed by atoms with Crippen molar-refractivity contribution in [3.63, 3.8) is 0 Å². The molecule has 5 nitrogen and oxygen atoms in total. The Morgan fingerprint density at radius 3 is 2.74 bits per heavy atom. The summed E-state index contributed by atoms with van der Waals surface area (Å²) >= 11 is 6.15. The normalized spacial score (nSPS) is 20.3. The lowest BCUT2D eigenvalue weighted by Gasteiger charge is -2.18. The molecule has 1 aromatic rings. The van der Waals surface area contributed by atoms with E-state index >= 15 is 0 Å². The van der Waals surface area contributed by atoms with Crippen molar-refractivity contribution in [3.05, 3.63) is 28.7 Å². The SMILES string of the molecule is NN1C(=O)/C(=C\c2ccc3c(c2)OCCO3)SC1=S. The van der Waals surface area contributed by atoms with Crippen LogP contribution < -0.4 is 15.3 Å². The number of hydrogen-bond donors (Lipinski definition) is 1. The maximum atomic E-state index is 11.8. The lowest BCUT2D eigenvalue weighted by molar-refractivity contribution is -0.122. The number of fused-ring (bicyclic) bond motifs is 1. The highest BCUT2D eigenvalue weighted by Gasteiger charge is 2.29. The minimum Gasteiger partial charge on any atom is -0.486 e. The average Bonchev–Trinajstić information content (AvgIpc) is 2.66. The van der Waals surface area contributed by atoms with E-state index in [1.165, 1.54) is 11.8 Å². The van der Waals surface area contributed by atoms with Gasteiger partial charge in [-0.15, -0.1) is 0 Å². The zero-order valence-electron chi connectivity index (χ0n) is 9.79. The maximum Gasteiger partial charge on any atom is 0.280 e. The molecule has 2 N–H and O–H groups in total. The number of thioether (sulfide) groups is 1. The van der Waals surface area contributed by atoms with E-state index in [9.17, 15) is 4.79 Å². The van der Waals surface area contributed by atoms with E-state index < -0.39 is 0 Å². The highest BCUT2D eigenvalue weighted by molar-refractivity contribution is 8.26. The molecule has 0 radical (unpaired) electrons. The quantitative estimate of drug-likeness (QED) is 0.367. The van der Waals surface area contributed by atoms with E-state index in [2.05, 4.69) is 0 Å². The van der Waals surface area contributed by atoms with Gasteiger partial charge in [0.05, 0.1) is 4.91 Å². The van der Waals surface area contributed by atoms with Gasteiger partial charge in [-0.1, -0.05) is 30.0 Å². The molecule has 1 aromatic carbocycles. The monoisotopic (exact) mass is 294 g/mol. The summed E-state index contributed by atoms with van der Waals surface area (Å²) < 4.78 is 11.3. The fourth-order valence-corrected chi connectivity index (χ4v) is 2.88. The third kappa shape index (κ3) is 2.32. The van der Waals surface area contributed by atoms with E-state index in [-0.39, 0.29) is 5.91 Å². The fourth-order valence-electron chi connectivity index (χ4n) is 1.78. The summed E-state index contributed by atoms with van der Waals surface area (Å²) in [5, 5.41) is 0.976. The molecule has 2 aliphatic rings. The molecule has 0 aliphatic carbocycles.